The summed E-state index contributed by atoms with van der Waals surface area (Å²) in [5, 5.41) is 6.89. The Morgan fingerprint density at radius 3 is 2.62 bits per heavy atom. The number of carbonyl (C=O) groups excluding carboxylic acids is 1. The van der Waals surface area contributed by atoms with Crippen LogP contribution in [0.15, 0.2) is 57.9 Å². The maximum atomic E-state index is 13.6. The Morgan fingerprint density at radius 2 is 1.85 bits per heavy atom. The molecule has 34 heavy (non-hydrogen) atoms. The predicted molar refractivity (Wildman–Crippen MR) is 133 cm³/mol. The van der Waals surface area contributed by atoms with Gasteiger partial charge >= 0.3 is 0 Å². The number of hydrogen-bond donors (Lipinski definition) is 1. The first kappa shape index (κ1) is 23.9. The molecular weight excluding hydrogens is 450 g/mol. The van der Waals surface area contributed by atoms with Gasteiger partial charge in [-0.25, -0.2) is 8.42 Å². The summed E-state index contributed by atoms with van der Waals surface area (Å²) in [6.07, 6.45) is 4.64. The molecule has 178 valence electrons. The van der Waals surface area contributed by atoms with Gasteiger partial charge in [0.15, 0.2) is 10.7 Å². The summed E-state index contributed by atoms with van der Waals surface area (Å²) in [5.41, 5.74) is 4.07. The van der Waals surface area contributed by atoms with Crippen molar-refractivity contribution in [3.63, 3.8) is 0 Å². The number of nitrogens with one attached hydrogen (secondary N) is 1. The Hall–Kier alpha value is -3.23. The van der Waals surface area contributed by atoms with Crippen molar-refractivity contribution in [1.82, 2.24) is 9.46 Å². The zero-order valence-corrected chi connectivity index (χ0v) is 20.4. The highest BCUT2D eigenvalue weighted by molar-refractivity contribution is 7.89. The fourth-order valence-corrected chi connectivity index (χ4v) is 5.93. The number of piperidine rings is 1. The fraction of sp³-hybridized carbons (Fsp3) is 0.308. The van der Waals surface area contributed by atoms with Crippen LogP contribution in [0, 0.1) is 26.7 Å². The maximum Gasteiger partial charge on any atom is 0.248 e. The first-order valence-electron chi connectivity index (χ1n) is 11.3. The molecule has 1 amide bonds. The van der Waals surface area contributed by atoms with Gasteiger partial charge in [-0.05, 0) is 62.4 Å². The molecule has 1 saturated heterocycles. The quantitative estimate of drug-likeness (QED) is 0.548. The Kier molecular flexibility index (Phi) is 7.00. The minimum atomic E-state index is -3.89. The second-order valence-corrected chi connectivity index (χ2v) is 10.5. The molecule has 0 spiro atoms. The summed E-state index contributed by atoms with van der Waals surface area (Å²) in [4.78, 5) is 13.1. The standard InChI is InChI=1S/C26H29N3O4S/c1-18-9-7-13-23(19(18)2)27-26(30)22-12-8-16-29(17-22)34(31,32)25-20(3)28-33-24(25)15-14-21-10-5-4-6-11-21/h4-7,9-11,13-15,22H,8,12,16-17H2,1-3H3,(H,27,30)/b15-14+/t22-/m1/s1. The predicted octanol–water partition coefficient (Wildman–Crippen LogP) is 4.81. The number of carbonyl (C=O) groups is 1. The lowest BCUT2D eigenvalue weighted by Crippen LogP contribution is -2.44. The largest absolute Gasteiger partial charge is 0.355 e. The molecule has 0 saturated carbocycles. The number of rotatable bonds is 6. The van der Waals surface area contributed by atoms with E-state index in [0.29, 0.717) is 25.1 Å². The molecule has 0 radical (unpaired) electrons. The van der Waals surface area contributed by atoms with Crippen molar-refractivity contribution in [1.29, 1.82) is 0 Å². The van der Waals surface area contributed by atoms with E-state index in [0.717, 1.165) is 22.4 Å². The normalized spacial score (nSPS) is 17.2. The zero-order valence-electron chi connectivity index (χ0n) is 19.6. The van der Waals surface area contributed by atoms with Crippen LogP contribution in [-0.4, -0.2) is 36.9 Å². The Morgan fingerprint density at radius 1 is 1.09 bits per heavy atom. The maximum absolute atomic E-state index is 13.6. The van der Waals surface area contributed by atoms with E-state index in [1.165, 1.54) is 4.31 Å². The zero-order chi connectivity index (χ0) is 24.3. The van der Waals surface area contributed by atoms with Crippen LogP contribution >= 0.6 is 0 Å². The van der Waals surface area contributed by atoms with E-state index in [2.05, 4.69) is 10.5 Å². The van der Waals surface area contributed by atoms with Crippen molar-refractivity contribution in [3.05, 3.63) is 76.7 Å². The molecule has 0 bridgehead atoms. The lowest BCUT2D eigenvalue weighted by Gasteiger charge is -2.31. The van der Waals surface area contributed by atoms with E-state index in [4.69, 9.17) is 4.52 Å². The summed E-state index contributed by atoms with van der Waals surface area (Å²) in [6.45, 7) is 6.03. The van der Waals surface area contributed by atoms with Gasteiger partial charge in [-0.15, -0.1) is 0 Å². The van der Waals surface area contributed by atoms with Gasteiger partial charge in [0, 0.05) is 18.8 Å². The number of aryl methyl sites for hydroxylation is 2. The van der Waals surface area contributed by atoms with E-state index in [1.807, 2.05) is 62.4 Å². The third kappa shape index (κ3) is 4.98. The average molecular weight is 480 g/mol. The van der Waals surface area contributed by atoms with Gasteiger partial charge in [0.1, 0.15) is 5.69 Å². The molecule has 8 heteroatoms. The van der Waals surface area contributed by atoms with Crippen LogP contribution in [0.25, 0.3) is 12.2 Å². The SMILES string of the molecule is Cc1cccc(NC(=O)[C@@H]2CCCN(S(=O)(=O)c3c(C)noc3/C=C/c3ccccc3)C2)c1C. The number of hydrogen-bond acceptors (Lipinski definition) is 5. The Labute approximate surface area is 200 Å². The highest BCUT2D eigenvalue weighted by Crippen LogP contribution is 2.30. The van der Waals surface area contributed by atoms with Gasteiger partial charge in [0.05, 0.1) is 5.92 Å². The summed E-state index contributed by atoms with van der Waals surface area (Å²) in [5.74, 6) is -0.421. The molecule has 0 unspecified atom stereocenters. The molecule has 3 aromatic rings. The summed E-state index contributed by atoms with van der Waals surface area (Å²) in [7, 11) is -3.89. The number of nitrogens with zero attached hydrogens (tertiary/aromatic N) is 2. The van der Waals surface area contributed by atoms with Gasteiger partial charge in [0.2, 0.25) is 15.9 Å². The molecule has 7 nitrogen and oxygen atoms in total. The summed E-state index contributed by atoms with van der Waals surface area (Å²) >= 11 is 0. The van der Waals surface area contributed by atoms with Gasteiger partial charge in [0.25, 0.3) is 0 Å². The lowest BCUT2D eigenvalue weighted by molar-refractivity contribution is -0.120. The first-order valence-corrected chi connectivity index (χ1v) is 12.8. The molecule has 4 rings (SSSR count). The van der Waals surface area contributed by atoms with Crippen LogP contribution in [0.1, 0.15) is 41.0 Å². The third-order valence-corrected chi connectivity index (χ3v) is 8.30. The second kappa shape index (κ2) is 9.95. The molecule has 1 aliphatic rings. The van der Waals surface area contributed by atoms with Crippen molar-refractivity contribution >= 4 is 33.8 Å². The second-order valence-electron chi connectivity index (χ2n) is 8.64. The van der Waals surface area contributed by atoms with Crippen LogP contribution in [-0.2, 0) is 14.8 Å². The van der Waals surface area contributed by atoms with Gasteiger partial charge in [-0.3, -0.25) is 4.79 Å². The summed E-state index contributed by atoms with van der Waals surface area (Å²) in [6, 6.07) is 15.3. The number of anilines is 1. The highest BCUT2D eigenvalue weighted by atomic mass is 32.2. The van der Waals surface area contributed by atoms with E-state index in [1.54, 1.807) is 19.1 Å². The molecule has 2 heterocycles. The van der Waals surface area contributed by atoms with E-state index < -0.39 is 15.9 Å². The van der Waals surface area contributed by atoms with Crippen molar-refractivity contribution in [3.8, 4) is 0 Å². The Balaban J connectivity index is 1.54. The van der Waals surface area contributed by atoms with Crippen LogP contribution in [0.5, 0.6) is 0 Å². The smallest absolute Gasteiger partial charge is 0.248 e. The molecular formula is C26H29N3O4S. The summed E-state index contributed by atoms with van der Waals surface area (Å²) < 4.78 is 33.9. The number of sulfonamides is 1. The van der Waals surface area contributed by atoms with Crippen molar-refractivity contribution in [2.24, 2.45) is 5.92 Å². The number of benzene rings is 2. The molecule has 1 fully saturated rings. The first-order chi connectivity index (χ1) is 16.3. The van der Waals surface area contributed by atoms with Crippen molar-refractivity contribution in [2.75, 3.05) is 18.4 Å². The molecule has 1 aliphatic heterocycles. The lowest BCUT2D eigenvalue weighted by atomic mass is 9.98. The Bertz CT molecular complexity index is 1310. The van der Waals surface area contributed by atoms with Gasteiger partial charge < -0.3 is 9.84 Å². The monoisotopic (exact) mass is 479 g/mol. The average Bonchev–Trinajstić information content (AvgIpc) is 3.22. The third-order valence-electron chi connectivity index (χ3n) is 6.28. The van der Waals surface area contributed by atoms with E-state index in [9.17, 15) is 13.2 Å². The topological polar surface area (TPSA) is 92.5 Å². The van der Waals surface area contributed by atoms with E-state index in [-0.39, 0.29) is 23.1 Å². The van der Waals surface area contributed by atoms with E-state index >= 15 is 0 Å². The number of amides is 1. The molecule has 0 aliphatic carbocycles. The van der Waals surface area contributed by atoms with Crippen LogP contribution in [0.3, 0.4) is 0 Å². The van der Waals surface area contributed by atoms with Crippen LogP contribution < -0.4 is 5.32 Å². The number of aromatic nitrogens is 1. The van der Waals surface area contributed by atoms with Gasteiger partial charge in [-0.2, -0.15) is 4.31 Å². The van der Waals surface area contributed by atoms with Crippen LogP contribution in [0.2, 0.25) is 0 Å². The molecule has 1 aromatic heterocycles. The molecule has 1 atom stereocenters. The minimum absolute atomic E-state index is 0.0512. The van der Waals surface area contributed by atoms with Crippen LogP contribution in [0.4, 0.5) is 5.69 Å². The molecule has 1 N–H and O–H groups in total. The van der Waals surface area contributed by atoms with Crippen molar-refractivity contribution in [2.45, 2.75) is 38.5 Å². The van der Waals surface area contributed by atoms with Gasteiger partial charge in [-0.1, -0.05) is 53.7 Å². The highest BCUT2D eigenvalue weighted by Gasteiger charge is 2.37. The van der Waals surface area contributed by atoms with Crippen molar-refractivity contribution < 1.29 is 17.7 Å². The molecule has 2 aromatic carbocycles. The minimum Gasteiger partial charge on any atom is -0.355 e. The fourth-order valence-electron chi connectivity index (χ4n) is 4.16.